The highest BCUT2D eigenvalue weighted by molar-refractivity contribution is 7.16. The Kier molecular flexibility index (Phi) is 5.38. The lowest BCUT2D eigenvalue weighted by Gasteiger charge is -2.21. The molecule has 2 aliphatic rings. The first-order chi connectivity index (χ1) is 23.2. The maximum atomic E-state index is 5.15. The number of thiophene rings is 1. The molecule has 0 radical (unpaired) electrons. The Balaban J connectivity index is 1.23. The summed E-state index contributed by atoms with van der Waals surface area (Å²) in [5.41, 5.74) is 6.49. The van der Waals surface area contributed by atoms with Crippen molar-refractivity contribution < 1.29 is 0 Å². The molecule has 7 aromatic heterocycles. The van der Waals surface area contributed by atoms with Crippen LogP contribution in [0.2, 0.25) is 0 Å². The van der Waals surface area contributed by atoms with Gasteiger partial charge in [-0.3, -0.25) is 0 Å². The Morgan fingerprint density at radius 3 is 2.57 bits per heavy atom. The van der Waals surface area contributed by atoms with Gasteiger partial charge < -0.3 is 15.0 Å². The molecule has 0 spiro atoms. The fourth-order valence-electron chi connectivity index (χ4n) is 5.58. The zero-order chi connectivity index (χ0) is 30.9. The Labute approximate surface area is 267 Å². The monoisotopic (exact) mass is 630 g/mol. The number of aromatic nitrogens is 13. The van der Waals surface area contributed by atoms with Gasteiger partial charge in [-0.2, -0.15) is 0 Å². The number of imidazole rings is 2. The number of hydrogen-bond acceptors (Lipinski definition) is 12. The van der Waals surface area contributed by atoms with Crippen molar-refractivity contribution in [2.75, 3.05) is 4.90 Å². The van der Waals surface area contributed by atoms with Crippen molar-refractivity contribution in [2.45, 2.75) is 0 Å². The van der Waals surface area contributed by atoms with Gasteiger partial charge in [0, 0.05) is 17.0 Å². The molecule has 0 bridgehead atoms. The molecule has 0 saturated carbocycles. The minimum Gasteiger partial charge on any atom is -0.342 e. The normalized spacial score (nSPS) is 11.8. The highest BCUT2D eigenvalue weighted by Crippen LogP contribution is 2.39. The van der Waals surface area contributed by atoms with E-state index in [2.05, 4.69) is 45.1 Å². The largest absolute Gasteiger partial charge is 0.342 e. The van der Waals surface area contributed by atoms with Crippen molar-refractivity contribution in [1.82, 2.24) is 65.0 Å². The molecule has 2 aliphatic heterocycles. The van der Waals surface area contributed by atoms with Crippen LogP contribution in [-0.2, 0) is 0 Å². The van der Waals surface area contributed by atoms with Gasteiger partial charge in [-0.05, 0) is 53.9 Å². The van der Waals surface area contributed by atoms with Crippen molar-refractivity contribution in [1.29, 1.82) is 0 Å². The molecule has 1 aromatic carbocycles. The zero-order valence-electron chi connectivity index (χ0n) is 24.0. The lowest BCUT2D eigenvalue weighted by Crippen LogP contribution is -2.18. The second-order valence-corrected chi connectivity index (χ2v) is 11.6. The molecule has 8 aromatic rings. The van der Waals surface area contributed by atoms with Gasteiger partial charge in [0.1, 0.15) is 27.4 Å². The molecule has 10 rings (SSSR count). The Morgan fingerprint density at radius 2 is 1.60 bits per heavy atom. The number of pyridine rings is 2. The van der Waals surface area contributed by atoms with Crippen LogP contribution in [0.5, 0.6) is 0 Å². The van der Waals surface area contributed by atoms with E-state index in [0.29, 0.717) is 63.3 Å². The number of hydrogen-bond donors (Lipinski definition) is 3. The summed E-state index contributed by atoms with van der Waals surface area (Å²) < 4.78 is 0. The summed E-state index contributed by atoms with van der Waals surface area (Å²) in [5, 5.41) is 12.9. The summed E-state index contributed by atoms with van der Waals surface area (Å²) in [4.78, 5) is 50.4. The van der Waals surface area contributed by atoms with E-state index < -0.39 is 0 Å². The fourth-order valence-corrected chi connectivity index (χ4v) is 6.30. The highest BCUT2D eigenvalue weighted by atomic mass is 32.1. The van der Waals surface area contributed by atoms with Crippen LogP contribution in [0.15, 0.2) is 90.8 Å². The third-order valence-corrected chi connectivity index (χ3v) is 8.61. The van der Waals surface area contributed by atoms with E-state index in [4.69, 9.17) is 19.9 Å². The average molecular weight is 631 g/mol. The third-order valence-electron chi connectivity index (χ3n) is 7.80. The van der Waals surface area contributed by atoms with Crippen molar-refractivity contribution >= 4 is 72.5 Å². The maximum absolute atomic E-state index is 5.15. The second kappa shape index (κ2) is 9.88. The van der Waals surface area contributed by atoms with Crippen molar-refractivity contribution in [3.05, 3.63) is 90.8 Å². The van der Waals surface area contributed by atoms with Gasteiger partial charge in [-0.1, -0.05) is 18.2 Å². The topological polar surface area (TPSA) is 180 Å². The van der Waals surface area contributed by atoms with Crippen LogP contribution in [0.4, 0.5) is 17.7 Å². The minimum absolute atomic E-state index is 0.420. The van der Waals surface area contributed by atoms with Gasteiger partial charge in [-0.15, -0.1) is 21.5 Å². The van der Waals surface area contributed by atoms with Crippen molar-refractivity contribution in [3.8, 4) is 34.3 Å². The molecular weight excluding hydrogens is 613 g/mol. The smallest absolute Gasteiger partial charge is 0.217 e. The molecule has 14 nitrogen and oxygen atoms in total. The molecule has 0 atom stereocenters. The molecule has 0 fully saturated rings. The summed E-state index contributed by atoms with van der Waals surface area (Å²) in [6, 6.07) is 21.4. The van der Waals surface area contributed by atoms with Crippen molar-refractivity contribution in [2.24, 2.45) is 0 Å². The molecule has 222 valence electrons. The van der Waals surface area contributed by atoms with E-state index in [0.717, 1.165) is 32.2 Å². The van der Waals surface area contributed by atoms with Crippen molar-refractivity contribution in [3.63, 3.8) is 0 Å². The summed E-state index contributed by atoms with van der Waals surface area (Å²) >= 11 is 1.54. The van der Waals surface area contributed by atoms with Crippen LogP contribution >= 0.6 is 11.3 Å². The van der Waals surface area contributed by atoms with Gasteiger partial charge in [0.25, 0.3) is 0 Å². The SMILES string of the molecule is c1ccc2nnc(N(c3nc(-c4ccc5cccnc5n4)c4nc(-c5ncc6[nH]cnc6n5)cc-4[nH]3)c3nc4sccc4[nH]3)cc2c1. The zero-order valence-corrected chi connectivity index (χ0v) is 24.8. The molecule has 0 amide bonds. The van der Waals surface area contributed by atoms with Crippen LogP contribution in [0.25, 0.3) is 77.7 Å². The van der Waals surface area contributed by atoms with Crippen LogP contribution in [0, 0.1) is 0 Å². The van der Waals surface area contributed by atoms with Gasteiger partial charge in [-0.25, -0.2) is 44.8 Å². The molecule has 9 heterocycles. The number of nitrogens with zero attached hydrogens (tertiary/aromatic N) is 11. The number of benzene rings is 1. The summed E-state index contributed by atoms with van der Waals surface area (Å²) in [6.45, 7) is 0. The Hall–Kier alpha value is -6.74. The molecule has 0 aliphatic carbocycles. The first kappa shape index (κ1) is 25.6. The summed E-state index contributed by atoms with van der Waals surface area (Å²) in [6.07, 6.45) is 5.00. The molecule has 15 heteroatoms. The third kappa shape index (κ3) is 4.17. The summed E-state index contributed by atoms with van der Waals surface area (Å²) in [5.74, 6) is 1.88. The standard InChI is InChI=1S/C32H18N14S/c1-2-6-18-17(4-1)12-24(45-44-18)46(32-39-20-9-11-47-30(20)43-32)31-40-21-13-22(28-34-14-23-29(42-28)36-15-35-23)37-26(21)25(41-31)19-8-7-16-5-3-10-33-27(16)38-19/h1-15H,(H,39,43)(H,40,41)(H,34,35,36,42). The number of nitrogens with one attached hydrogen (secondary N) is 3. The lowest BCUT2D eigenvalue weighted by atomic mass is 10.1. The number of H-pyrrole nitrogens is 3. The van der Waals surface area contributed by atoms with Crippen LogP contribution < -0.4 is 4.90 Å². The van der Waals surface area contributed by atoms with E-state index in [-0.39, 0.29) is 0 Å². The number of anilines is 3. The van der Waals surface area contributed by atoms with Gasteiger partial charge in [0.05, 0.1) is 34.9 Å². The predicted octanol–water partition coefficient (Wildman–Crippen LogP) is 6.20. The van der Waals surface area contributed by atoms with E-state index in [1.165, 1.54) is 0 Å². The van der Waals surface area contributed by atoms with Gasteiger partial charge in [0.2, 0.25) is 11.9 Å². The molecule has 0 unspecified atom stereocenters. The average Bonchev–Trinajstić information content (AvgIpc) is 3.92. The quantitative estimate of drug-likeness (QED) is 0.197. The maximum Gasteiger partial charge on any atom is 0.217 e. The Morgan fingerprint density at radius 1 is 0.660 bits per heavy atom. The van der Waals surface area contributed by atoms with Crippen LogP contribution in [0.1, 0.15) is 0 Å². The predicted molar refractivity (Wildman–Crippen MR) is 178 cm³/mol. The lowest BCUT2D eigenvalue weighted by molar-refractivity contribution is 0.974. The fraction of sp³-hybridized carbons (Fsp3) is 0. The number of rotatable bonds is 5. The molecule has 47 heavy (non-hydrogen) atoms. The minimum atomic E-state index is 0.420. The molecule has 3 N–H and O–H groups in total. The van der Waals surface area contributed by atoms with Gasteiger partial charge in [0.15, 0.2) is 22.9 Å². The first-order valence-electron chi connectivity index (χ1n) is 14.5. The molecular formula is C32H18N14S. The van der Waals surface area contributed by atoms with Crippen LogP contribution in [0.3, 0.4) is 0 Å². The highest BCUT2D eigenvalue weighted by Gasteiger charge is 2.27. The second-order valence-electron chi connectivity index (χ2n) is 10.7. The van der Waals surface area contributed by atoms with Gasteiger partial charge >= 0.3 is 0 Å². The van der Waals surface area contributed by atoms with Crippen LogP contribution in [-0.4, -0.2) is 65.0 Å². The first-order valence-corrected chi connectivity index (χ1v) is 15.4. The molecule has 0 saturated heterocycles. The Bertz CT molecular complexity index is 2710. The van der Waals surface area contributed by atoms with E-state index >= 15 is 0 Å². The summed E-state index contributed by atoms with van der Waals surface area (Å²) in [7, 11) is 0. The van der Waals surface area contributed by atoms with E-state index in [9.17, 15) is 0 Å². The van der Waals surface area contributed by atoms with E-state index in [1.54, 1.807) is 30.1 Å². The number of aromatic amines is 3. The number of fused-ring (bicyclic) bond motifs is 5. The van der Waals surface area contributed by atoms with E-state index in [1.807, 2.05) is 77.0 Å².